The molecule has 1 amide bonds. The van der Waals surface area contributed by atoms with Crippen molar-refractivity contribution in [3.63, 3.8) is 0 Å². The molecule has 0 aliphatic heterocycles. The van der Waals surface area contributed by atoms with Gasteiger partial charge in [0.25, 0.3) is 11.5 Å². The number of carbonyl (C=O) groups excluding carboxylic acids is 1. The molecular weight excluding hydrogens is 246 g/mol. The number of pyridine rings is 1. The van der Waals surface area contributed by atoms with E-state index in [2.05, 4.69) is 10.3 Å². The molecule has 0 bridgehead atoms. The fraction of sp³-hybridized carbons (Fsp3) is 0.308. The van der Waals surface area contributed by atoms with Crippen molar-refractivity contribution in [1.29, 1.82) is 0 Å². The molecule has 0 fully saturated rings. The van der Waals surface area contributed by atoms with Crippen LogP contribution in [0.3, 0.4) is 0 Å². The lowest BCUT2D eigenvalue weighted by Gasteiger charge is -2.23. The Morgan fingerprint density at radius 2 is 2.21 bits per heavy atom. The average molecular weight is 261 g/mol. The summed E-state index contributed by atoms with van der Waals surface area (Å²) in [6, 6.07) is 5.13. The van der Waals surface area contributed by atoms with E-state index in [0.717, 1.165) is 0 Å². The van der Waals surface area contributed by atoms with Crippen molar-refractivity contribution in [2.45, 2.75) is 19.4 Å². The molecule has 2 aromatic rings. The van der Waals surface area contributed by atoms with Gasteiger partial charge in [0.15, 0.2) is 0 Å². The number of aliphatic hydroxyl groups is 1. The third kappa shape index (κ3) is 2.63. The van der Waals surface area contributed by atoms with Gasteiger partial charge in [-0.25, -0.2) is 4.98 Å². The van der Waals surface area contributed by atoms with E-state index in [0.29, 0.717) is 5.65 Å². The van der Waals surface area contributed by atoms with Crippen molar-refractivity contribution < 1.29 is 9.90 Å². The second-order valence-corrected chi connectivity index (χ2v) is 4.90. The third-order valence-corrected chi connectivity index (χ3v) is 2.71. The van der Waals surface area contributed by atoms with Crippen LogP contribution >= 0.6 is 0 Å². The number of rotatable bonds is 3. The second-order valence-electron chi connectivity index (χ2n) is 4.90. The fourth-order valence-corrected chi connectivity index (χ4v) is 1.60. The van der Waals surface area contributed by atoms with Crippen LogP contribution < -0.4 is 10.9 Å². The van der Waals surface area contributed by atoms with E-state index >= 15 is 0 Å². The fourth-order valence-electron chi connectivity index (χ4n) is 1.60. The van der Waals surface area contributed by atoms with E-state index in [9.17, 15) is 9.59 Å². The molecule has 0 atom stereocenters. The summed E-state index contributed by atoms with van der Waals surface area (Å²) in [6.45, 7) is 3.11. The van der Waals surface area contributed by atoms with Gasteiger partial charge in [-0.2, -0.15) is 0 Å². The summed E-state index contributed by atoms with van der Waals surface area (Å²) in [5.41, 5.74) is -0.799. The third-order valence-electron chi connectivity index (χ3n) is 2.71. The molecule has 2 aromatic heterocycles. The van der Waals surface area contributed by atoms with Crippen molar-refractivity contribution in [2.75, 3.05) is 6.61 Å². The molecule has 19 heavy (non-hydrogen) atoms. The van der Waals surface area contributed by atoms with Crippen LogP contribution in [0.4, 0.5) is 0 Å². The SMILES string of the molecule is CC(C)(CO)NC(=O)c1cnc2ccccn2c1=O. The summed E-state index contributed by atoms with van der Waals surface area (Å²) < 4.78 is 1.31. The standard InChI is InChI=1S/C13H15N3O3/c1-13(2,8-17)15-11(18)9-7-14-10-5-3-4-6-16(10)12(9)19/h3-7,17H,8H2,1-2H3,(H,15,18). The smallest absolute Gasteiger partial charge is 0.270 e. The van der Waals surface area contributed by atoms with Crippen LogP contribution in [0.15, 0.2) is 35.4 Å². The van der Waals surface area contributed by atoms with E-state index in [1.165, 1.54) is 10.6 Å². The predicted molar refractivity (Wildman–Crippen MR) is 70.1 cm³/mol. The molecule has 100 valence electrons. The molecule has 0 radical (unpaired) electrons. The Morgan fingerprint density at radius 3 is 2.89 bits per heavy atom. The topological polar surface area (TPSA) is 83.7 Å². The van der Waals surface area contributed by atoms with Gasteiger partial charge in [-0.1, -0.05) is 6.07 Å². The van der Waals surface area contributed by atoms with Gasteiger partial charge in [-0.05, 0) is 26.0 Å². The lowest BCUT2D eigenvalue weighted by molar-refractivity contribution is 0.0867. The zero-order valence-corrected chi connectivity index (χ0v) is 10.8. The molecule has 0 saturated carbocycles. The largest absolute Gasteiger partial charge is 0.394 e. The molecular formula is C13H15N3O3. The number of carbonyl (C=O) groups is 1. The van der Waals surface area contributed by atoms with Crippen molar-refractivity contribution in [2.24, 2.45) is 0 Å². The first-order valence-electron chi connectivity index (χ1n) is 5.84. The van der Waals surface area contributed by atoms with E-state index in [-0.39, 0.29) is 12.2 Å². The summed E-state index contributed by atoms with van der Waals surface area (Å²) in [5.74, 6) is -0.546. The number of aliphatic hydroxyl groups excluding tert-OH is 1. The number of nitrogens with zero attached hydrogens (tertiary/aromatic N) is 2. The molecule has 0 aliphatic rings. The van der Waals surface area contributed by atoms with Gasteiger partial charge in [-0.15, -0.1) is 0 Å². The highest BCUT2D eigenvalue weighted by Crippen LogP contribution is 2.03. The second kappa shape index (κ2) is 4.81. The molecule has 6 heteroatoms. The van der Waals surface area contributed by atoms with Crippen LogP contribution in [0, 0.1) is 0 Å². The maximum absolute atomic E-state index is 12.1. The van der Waals surface area contributed by atoms with Gasteiger partial charge >= 0.3 is 0 Å². The minimum atomic E-state index is -0.792. The van der Waals surface area contributed by atoms with Gasteiger partial charge in [0.05, 0.1) is 12.1 Å². The zero-order valence-electron chi connectivity index (χ0n) is 10.8. The normalized spacial score (nSPS) is 11.5. The molecule has 0 aromatic carbocycles. The number of fused-ring (bicyclic) bond motifs is 1. The van der Waals surface area contributed by atoms with E-state index < -0.39 is 17.0 Å². The molecule has 0 aliphatic carbocycles. The monoisotopic (exact) mass is 261 g/mol. The molecule has 2 heterocycles. The van der Waals surface area contributed by atoms with Crippen LogP contribution in [-0.2, 0) is 0 Å². The van der Waals surface area contributed by atoms with Crippen LogP contribution in [-0.4, -0.2) is 32.5 Å². The highest BCUT2D eigenvalue weighted by atomic mass is 16.3. The van der Waals surface area contributed by atoms with Gasteiger partial charge in [0, 0.05) is 12.4 Å². The molecule has 0 saturated heterocycles. The lowest BCUT2D eigenvalue weighted by atomic mass is 10.1. The van der Waals surface area contributed by atoms with Gasteiger partial charge < -0.3 is 10.4 Å². The van der Waals surface area contributed by atoms with Crippen LogP contribution in [0.2, 0.25) is 0 Å². The van der Waals surface area contributed by atoms with Crippen molar-refractivity contribution >= 4 is 11.6 Å². The highest BCUT2D eigenvalue weighted by Gasteiger charge is 2.22. The maximum atomic E-state index is 12.1. The molecule has 0 unspecified atom stereocenters. The van der Waals surface area contributed by atoms with E-state index in [1.54, 1.807) is 38.2 Å². The number of hydrogen-bond acceptors (Lipinski definition) is 4. The van der Waals surface area contributed by atoms with Crippen molar-refractivity contribution in [3.8, 4) is 0 Å². The Labute approximate surface area is 109 Å². The molecule has 2 N–H and O–H groups in total. The molecule has 6 nitrogen and oxygen atoms in total. The summed E-state index contributed by atoms with van der Waals surface area (Å²) >= 11 is 0. The summed E-state index contributed by atoms with van der Waals surface area (Å²) in [4.78, 5) is 28.2. The molecule has 2 rings (SSSR count). The Kier molecular flexibility index (Phi) is 3.35. The van der Waals surface area contributed by atoms with Crippen molar-refractivity contribution in [1.82, 2.24) is 14.7 Å². The Balaban J connectivity index is 2.44. The Morgan fingerprint density at radius 1 is 1.47 bits per heavy atom. The number of amides is 1. The van der Waals surface area contributed by atoms with E-state index in [4.69, 9.17) is 5.11 Å². The number of nitrogens with one attached hydrogen (secondary N) is 1. The first-order chi connectivity index (χ1) is 8.94. The minimum absolute atomic E-state index is 0.0507. The minimum Gasteiger partial charge on any atom is -0.394 e. The number of aromatic nitrogens is 2. The van der Waals surface area contributed by atoms with Gasteiger partial charge in [-0.3, -0.25) is 14.0 Å². The van der Waals surface area contributed by atoms with Crippen molar-refractivity contribution in [3.05, 3.63) is 46.5 Å². The summed E-state index contributed by atoms with van der Waals surface area (Å²) in [5, 5.41) is 11.7. The van der Waals surface area contributed by atoms with Crippen LogP contribution in [0.5, 0.6) is 0 Å². The van der Waals surface area contributed by atoms with E-state index in [1.807, 2.05) is 0 Å². The maximum Gasteiger partial charge on any atom is 0.270 e. The quantitative estimate of drug-likeness (QED) is 0.826. The lowest BCUT2D eigenvalue weighted by Crippen LogP contribution is -2.47. The predicted octanol–water partition coefficient (Wildman–Crippen LogP) is 0.195. The summed E-state index contributed by atoms with van der Waals surface area (Å²) in [7, 11) is 0. The summed E-state index contributed by atoms with van der Waals surface area (Å²) in [6.07, 6.45) is 2.80. The average Bonchev–Trinajstić information content (AvgIpc) is 2.39. The first-order valence-corrected chi connectivity index (χ1v) is 5.84. The zero-order chi connectivity index (χ0) is 14.0. The Hall–Kier alpha value is -2.21. The van der Waals surface area contributed by atoms with Crippen LogP contribution in [0.25, 0.3) is 5.65 Å². The van der Waals surface area contributed by atoms with Gasteiger partial charge in [0.1, 0.15) is 11.2 Å². The first kappa shape index (κ1) is 13.2. The van der Waals surface area contributed by atoms with Crippen LogP contribution in [0.1, 0.15) is 24.2 Å². The number of hydrogen-bond donors (Lipinski definition) is 2. The highest BCUT2D eigenvalue weighted by molar-refractivity contribution is 5.94. The molecule has 0 spiro atoms. The Bertz CT molecular complexity index is 676. The van der Waals surface area contributed by atoms with Gasteiger partial charge in [0.2, 0.25) is 0 Å².